The van der Waals surface area contributed by atoms with Crippen molar-refractivity contribution in [1.29, 1.82) is 0 Å². The molecule has 0 rings (SSSR count). The highest BCUT2D eigenvalue weighted by Gasteiger charge is 1.82. The maximum absolute atomic E-state index is 5.08. The average molecular weight is 116 g/mol. The average Bonchev–Trinajstić information content (AvgIpc) is 1.81. The molecule has 0 aliphatic carbocycles. The smallest absolute Gasteiger partial charge is 0.0478 e. The Kier molecular flexibility index (Phi) is 6.85. The van der Waals surface area contributed by atoms with Gasteiger partial charge in [0.05, 0.1) is 0 Å². The van der Waals surface area contributed by atoms with E-state index in [2.05, 4.69) is 5.32 Å². The third kappa shape index (κ3) is 5.92. The predicted molar refractivity (Wildman–Crippen MR) is 34.0 cm³/mol. The van der Waals surface area contributed by atoms with Crippen LogP contribution in [0.4, 0.5) is 0 Å². The van der Waals surface area contributed by atoms with Crippen LogP contribution in [-0.2, 0) is 4.74 Å². The quantitative estimate of drug-likeness (QED) is 0.484. The molecule has 2 heteroatoms. The summed E-state index contributed by atoms with van der Waals surface area (Å²) in [5.74, 6) is 0. The Morgan fingerprint density at radius 3 is 2.75 bits per heavy atom. The summed E-state index contributed by atoms with van der Waals surface area (Å²) in [5.41, 5.74) is 0. The fourth-order valence-corrected chi connectivity index (χ4v) is 0.469. The lowest BCUT2D eigenvalue weighted by Gasteiger charge is -1.97. The van der Waals surface area contributed by atoms with Crippen molar-refractivity contribution in [1.82, 2.24) is 5.32 Å². The first-order chi connectivity index (χ1) is 3.91. The Bertz CT molecular complexity index is 33.5. The summed E-state index contributed by atoms with van der Waals surface area (Å²) < 4.78 is 5.08. The second-order valence-corrected chi connectivity index (χ2v) is 1.59. The topological polar surface area (TPSA) is 23.3 Å². The summed E-state index contributed by atoms with van der Waals surface area (Å²) >= 11 is 0. The minimum absolute atomic E-state index is 0.823. The number of hydrogen-bond donors (Lipinski definition) is 0. The van der Waals surface area contributed by atoms with E-state index in [4.69, 9.17) is 4.74 Å². The fraction of sp³-hybridized carbons (Fsp3) is 1.00. The SMILES string of the molecule is CCOCCC[N]C. The molecule has 0 saturated heterocycles. The minimum atomic E-state index is 0.823. The minimum Gasteiger partial charge on any atom is -0.382 e. The van der Waals surface area contributed by atoms with Crippen LogP contribution in [0.2, 0.25) is 0 Å². The van der Waals surface area contributed by atoms with Gasteiger partial charge in [-0.15, -0.1) is 0 Å². The molecule has 0 atom stereocenters. The third-order valence-electron chi connectivity index (χ3n) is 0.875. The lowest BCUT2D eigenvalue weighted by Crippen LogP contribution is -2.03. The van der Waals surface area contributed by atoms with Crippen LogP contribution in [0.3, 0.4) is 0 Å². The second-order valence-electron chi connectivity index (χ2n) is 1.59. The number of rotatable bonds is 5. The molecule has 0 aliphatic heterocycles. The Morgan fingerprint density at radius 2 is 2.25 bits per heavy atom. The molecule has 0 aromatic carbocycles. The summed E-state index contributed by atoms with van der Waals surface area (Å²) in [6.07, 6.45) is 1.06. The molecule has 0 saturated carbocycles. The van der Waals surface area contributed by atoms with Gasteiger partial charge in [0.25, 0.3) is 0 Å². The van der Waals surface area contributed by atoms with E-state index in [9.17, 15) is 0 Å². The molecule has 0 fully saturated rings. The van der Waals surface area contributed by atoms with E-state index in [-0.39, 0.29) is 0 Å². The van der Waals surface area contributed by atoms with E-state index in [0.29, 0.717) is 0 Å². The lowest BCUT2D eigenvalue weighted by atomic mass is 10.4. The van der Waals surface area contributed by atoms with Crippen LogP contribution in [0.25, 0.3) is 0 Å². The van der Waals surface area contributed by atoms with E-state index < -0.39 is 0 Å². The summed E-state index contributed by atoms with van der Waals surface area (Å²) in [4.78, 5) is 0. The summed E-state index contributed by atoms with van der Waals surface area (Å²) in [7, 11) is 1.83. The molecule has 0 aromatic heterocycles. The van der Waals surface area contributed by atoms with Crippen LogP contribution >= 0.6 is 0 Å². The molecule has 0 heterocycles. The molecular weight excluding hydrogens is 102 g/mol. The number of nitrogens with zero attached hydrogens (tertiary/aromatic N) is 1. The van der Waals surface area contributed by atoms with Gasteiger partial charge < -0.3 is 4.74 Å². The van der Waals surface area contributed by atoms with Gasteiger partial charge in [-0.05, 0) is 13.3 Å². The van der Waals surface area contributed by atoms with Crippen molar-refractivity contribution in [2.75, 3.05) is 26.8 Å². The normalized spacial score (nSPS) is 9.75. The molecule has 0 unspecified atom stereocenters. The Labute approximate surface area is 51.2 Å². The summed E-state index contributed by atoms with van der Waals surface area (Å²) in [6.45, 7) is 4.61. The van der Waals surface area contributed by atoms with E-state index in [1.54, 1.807) is 0 Å². The first-order valence-electron chi connectivity index (χ1n) is 3.05. The Hall–Kier alpha value is -0.0800. The molecule has 0 N–H and O–H groups in total. The van der Waals surface area contributed by atoms with Gasteiger partial charge in [-0.1, -0.05) is 0 Å². The van der Waals surface area contributed by atoms with E-state index in [1.165, 1.54) is 0 Å². The zero-order chi connectivity index (χ0) is 6.24. The largest absolute Gasteiger partial charge is 0.382 e. The van der Waals surface area contributed by atoms with Gasteiger partial charge in [0.15, 0.2) is 0 Å². The molecule has 0 aliphatic rings. The molecular formula is C6H14NO. The van der Waals surface area contributed by atoms with Crippen molar-refractivity contribution in [3.05, 3.63) is 0 Å². The molecule has 49 valence electrons. The van der Waals surface area contributed by atoms with Crippen molar-refractivity contribution in [2.45, 2.75) is 13.3 Å². The van der Waals surface area contributed by atoms with E-state index in [0.717, 1.165) is 26.2 Å². The molecule has 1 radical (unpaired) electrons. The highest BCUT2D eigenvalue weighted by molar-refractivity contribution is 4.37. The van der Waals surface area contributed by atoms with Gasteiger partial charge in [-0.2, -0.15) is 0 Å². The van der Waals surface area contributed by atoms with Crippen LogP contribution in [0.1, 0.15) is 13.3 Å². The Morgan fingerprint density at radius 1 is 1.50 bits per heavy atom. The van der Waals surface area contributed by atoms with Crippen molar-refractivity contribution in [3.8, 4) is 0 Å². The maximum Gasteiger partial charge on any atom is 0.0478 e. The first-order valence-corrected chi connectivity index (χ1v) is 3.05. The van der Waals surface area contributed by atoms with Crippen molar-refractivity contribution >= 4 is 0 Å². The molecule has 0 aromatic rings. The van der Waals surface area contributed by atoms with Gasteiger partial charge in [0.1, 0.15) is 0 Å². The van der Waals surface area contributed by atoms with Crippen molar-refractivity contribution in [2.24, 2.45) is 0 Å². The van der Waals surface area contributed by atoms with Crippen LogP contribution < -0.4 is 5.32 Å². The molecule has 2 nitrogen and oxygen atoms in total. The predicted octanol–water partition coefficient (Wildman–Crippen LogP) is 0.647. The highest BCUT2D eigenvalue weighted by Crippen LogP contribution is 1.78. The third-order valence-corrected chi connectivity index (χ3v) is 0.875. The molecule has 0 amide bonds. The number of ether oxygens (including phenoxy) is 1. The summed E-state index contributed by atoms with van der Waals surface area (Å²) in [5, 5.41) is 3.93. The zero-order valence-corrected chi connectivity index (χ0v) is 5.68. The maximum atomic E-state index is 5.08. The standard InChI is InChI=1S/C6H14NO/c1-3-8-6-4-5-7-2/h3-6H2,1-2H3. The van der Waals surface area contributed by atoms with Gasteiger partial charge in [0, 0.05) is 26.8 Å². The van der Waals surface area contributed by atoms with Gasteiger partial charge >= 0.3 is 0 Å². The van der Waals surface area contributed by atoms with Crippen LogP contribution in [0.15, 0.2) is 0 Å². The number of hydrogen-bond acceptors (Lipinski definition) is 1. The Balaban J connectivity index is 2.53. The first kappa shape index (κ1) is 7.92. The zero-order valence-electron chi connectivity index (χ0n) is 5.68. The summed E-state index contributed by atoms with van der Waals surface area (Å²) in [6, 6.07) is 0. The van der Waals surface area contributed by atoms with Gasteiger partial charge in [0.2, 0.25) is 0 Å². The highest BCUT2D eigenvalue weighted by atomic mass is 16.5. The van der Waals surface area contributed by atoms with Crippen LogP contribution in [0, 0.1) is 0 Å². The lowest BCUT2D eigenvalue weighted by molar-refractivity contribution is 0.145. The fourth-order valence-electron chi connectivity index (χ4n) is 0.469. The van der Waals surface area contributed by atoms with Crippen LogP contribution in [0.5, 0.6) is 0 Å². The molecule has 0 spiro atoms. The van der Waals surface area contributed by atoms with Gasteiger partial charge in [-0.3, -0.25) is 0 Å². The van der Waals surface area contributed by atoms with Crippen molar-refractivity contribution < 1.29 is 4.74 Å². The van der Waals surface area contributed by atoms with Crippen LogP contribution in [-0.4, -0.2) is 26.8 Å². The van der Waals surface area contributed by atoms with Gasteiger partial charge in [-0.25, -0.2) is 5.32 Å². The van der Waals surface area contributed by atoms with E-state index in [1.807, 2.05) is 14.0 Å². The second kappa shape index (κ2) is 6.92. The van der Waals surface area contributed by atoms with E-state index >= 15 is 0 Å². The molecule has 0 bridgehead atoms. The van der Waals surface area contributed by atoms with Crippen molar-refractivity contribution in [3.63, 3.8) is 0 Å². The monoisotopic (exact) mass is 116 g/mol. The molecule has 8 heavy (non-hydrogen) atoms.